The number of hydrazine groups is 1. The molecule has 0 spiro atoms. The van der Waals surface area contributed by atoms with Crippen molar-refractivity contribution in [1.82, 2.24) is 10.9 Å². The van der Waals surface area contributed by atoms with Gasteiger partial charge in [-0.3, -0.25) is 10.2 Å². The van der Waals surface area contributed by atoms with Crippen molar-refractivity contribution in [2.24, 2.45) is 5.73 Å². The molecule has 0 aliphatic carbocycles. The van der Waals surface area contributed by atoms with E-state index in [1.165, 1.54) is 0 Å². The summed E-state index contributed by atoms with van der Waals surface area (Å²) in [5.74, 6) is -0.264. The highest BCUT2D eigenvalue weighted by atomic mass is 16.2. The summed E-state index contributed by atoms with van der Waals surface area (Å²) in [6.07, 6.45) is 0.942. The third-order valence-electron chi connectivity index (χ3n) is 2.05. The Morgan fingerprint density at radius 1 is 1.31 bits per heavy atom. The molecule has 0 radical (unpaired) electrons. The Morgan fingerprint density at radius 2 is 2.06 bits per heavy atom. The van der Waals surface area contributed by atoms with Gasteiger partial charge in [-0.15, -0.1) is 0 Å². The summed E-state index contributed by atoms with van der Waals surface area (Å²) in [6, 6.07) is 7.16. The Morgan fingerprint density at radius 3 is 2.69 bits per heavy atom. The first kappa shape index (κ1) is 12.0. The van der Waals surface area contributed by atoms with Crippen LogP contribution in [-0.4, -0.2) is 11.9 Å². The number of hydrogen-bond donors (Lipinski definition) is 3. The standard InChI is InChI=1S/C11H15N3O2/c1-8-3-2-4-9(7-8)5-6-10(15)13-14-11(12)16/h2-4,7H,5-6H2,1H3,(H,13,15)(H3,12,14,16). The topological polar surface area (TPSA) is 84.2 Å². The van der Waals surface area contributed by atoms with E-state index < -0.39 is 6.03 Å². The molecule has 5 nitrogen and oxygen atoms in total. The average molecular weight is 221 g/mol. The molecule has 0 heterocycles. The van der Waals surface area contributed by atoms with E-state index in [0.717, 1.165) is 11.1 Å². The Bertz CT molecular complexity index is 391. The lowest BCUT2D eigenvalue weighted by atomic mass is 10.1. The number of primary amides is 1. The molecule has 0 saturated carbocycles. The number of urea groups is 1. The van der Waals surface area contributed by atoms with Crippen LogP contribution >= 0.6 is 0 Å². The maximum Gasteiger partial charge on any atom is 0.330 e. The smallest absolute Gasteiger partial charge is 0.330 e. The van der Waals surface area contributed by atoms with E-state index in [1.54, 1.807) is 0 Å². The predicted molar refractivity (Wildman–Crippen MR) is 60.4 cm³/mol. The van der Waals surface area contributed by atoms with Gasteiger partial charge < -0.3 is 5.73 Å². The Hall–Kier alpha value is -2.04. The van der Waals surface area contributed by atoms with Gasteiger partial charge in [0.05, 0.1) is 0 Å². The highest BCUT2D eigenvalue weighted by Crippen LogP contribution is 2.06. The zero-order valence-electron chi connectivity index (χ0n) is 9.12. The van der Waals surface area contributed by atoms with Crippen LogP contribution < -0.4 is 16.6 Å². The molecule has 0 aliphatic heterocycles. The second-order valence-electron chi connectivity index (χ2n) is 3.53. The van der Waals surface area contributed by atoms with Crippen molar-refractivity contribution in [2.75, 3.05) is 0 Å². The number of amides is 3. The molecule has 0 atom stereocenters. The maximum absolute atomic E-state index is 11.2. The molecular formula is C11H15N3O2. The van der Waals surface area contributed by atoms with Crippen molar-refractivity contribution in [3.05, 3.63) is 35.4 Å². The van der Waals surface area contributed by atoms with Gasteiger partial charge in [-0.1, -0.05) is 29.8 Å². The van der Waals surface area contributed by atoms with Crippen LogP contribution in [0.25, 0.3) is 0 Å². The zero-order chi connectivity index (χ0) is 12.0. The monoisotopic (exact) mass is 221 g/mol. The summed E-state index contributed by atoms with van der Waals surface area (Å²) < 4.78 is 0. The van der Waals surface area contributed by atoms with Gasteiger partial charge in [0.2, 0.25) is 5.91 Å². The summed E-state index contributed by atoms with van der Waals surface area (Å²) in [6.45, 7) is 2.00. The lowest BCUT2D eigenvalue weighted by molar-refractivity contribution is -0.121. The quantitative estimate of drug-likeness (QED) is 0.654. The molecular weight excluding hydrogens is 206 g/mol. The molecule has 86 valence electrons. The number of nitrogens with one attached hydrogen (secondary N) is 2. The summed E-state index contributed by atoms with van der Waals surface area (Å²) in [7, 11) is 0. The van der Waals surface area contributed by atoms with E-state index in [1.807, 2.05) is 36.6 Å². The van der Waals surface area contributed by atoms with Gasteiger partial charge in [-0.2, -0.15) is 0 Å². The van der Waals surface area contributed by atoms with E-state index in [0.29, 0.717) is 12.8 Å². The minimum absolute atomic E-state index is 0.264. The second-order valence-corrected chi connectivity index (χ2v) is 3.53. The highest BCUT2D eigenvalue weighted by molar-refractivity contribution is 5.80. The Balaban J connectivity index is 2.34. The van der Waals surface area contributed by atoms with Crippen LogP contribution in [-0.2, 0) is 11.2 Å². The molecule has 0 aromatic heterocycles. The fraction of sp³-hybridized carbons (Fsp3) is 0.273. The number of rotatable bonds is 3. The van der Waals surface area contributed by atoms with Crippen LogP contribution in [0, 0.1) is 6.92 Å². The number of hydrogen-bond acceptors (Lipinski definition) is 2. The van der Waals surface area contributed by atoms with Crippen molar-refractivity contribution in [3.8, 4) is 0 Å². The van der Waals surface area contributed by atoms with Crippen LogP contribution in [0.5, 0.6) is 0 Å². The van der Waals surface area contributed by atoms with Gasteiger partial charge >= 0.3 is 6.03 Å². The van der Waals surface area contributed by atoms with Gasteiger partial charge in [0, 0.05) is 6.42 Å². The zero-order valence-corrected chi connectivity index (χ0v) is 9.12. The third kappa shape index (κ3) is 4.45. The molecule has 4 N–H and O–H groups in total. The molecule has 1 aromatic carbocycles. The largest absolute Gasteiger partial charge is 0.350 e. The number of aryl methyl sites for hydroxylation is 2. The number of carbonyl (C=O) groups is 2. The summed E-state index contributed by atoms with van der Waals surface area (Å²) >= 11 is 0. The molecule has 0 unspecified atom stereocenters. The van der Waals surface area contributed by atoms with Gasteiger partial charge in [0.1, 0.15) is 0 Å². The molecule has 0 fully saturated rings. The first-order valence-electron chi connectivity index (χ1n) is 4.98. The van der Waals surface area contributed by atoms with E-state index in [2.05, 4.69) is 5.43 Å². The molecule has 16 heavy (non-hydrogen) atoms. The first-order valence-corrected chi connectivity index (χ1v) is 4.98. The maximum atomic E-state index is 11.2. The van der Waals surface area contributed by atoms with Gasteiger partial charge in [-0.25, -0.2) is 10.2 Å². The summed E-state index contributed by atoms with van der Waals surface area (Å²) in [5, 5.41) is 0. The Kier molecular flexibility index (Phi) is 4.32. The second kappa shape index (κ2) is 5.75. The molecule has 1 rings (SSSR count). The lowest BCUT2D eigenvalue weighted by Crippen LogP contribution is -2.44. The molecule has 0 saturated heterocycles. The van der Waals surface area contributed by atoms with Crippen molar-refractivity contribution in [1.29, 1.82) is 0 Å². The molecule has 5 heteroatoms. The fourth-order valence-corrected chi connectivity index (χ4v) is 1.32. The van der Waals surface area contributed by atoms with Crippen LogP contribution in [0.1, 0.15) is 17.5 Å². The van der Waals surface area contributed by atoms with Crippen LogP contribution in [0.15, 0.2) is 24.3 Å². The summed E-state index contributed by atoms with van der Waals surface area (Å²) in [5.41, 5.74) is 11.3. The van der Waals surface area contributed by atoms with E-state index in [-0.39, 0.29) is 5.91 Å². The molecule has 3 amide bonds. The van der Waals surface area contributed by atoms with Crippen molar-refractivity contribution < 1.29 is 9.59 Å². The number of nitrogens with two attached hydrogens (primary N) is 1. The summed E-state index contributed by atoms with van der Waals surface area (Å²) in [4.78, 5) is 21.5. The first-order chi connectivity index (χ1) is 7.58. The SMILES string of the molecule is Cc1cccc(CCC(=O)NNC(N)=O)c1. The molecule has 0 bridgehead atoms. The third-order valence-corrected chi connectivity index (χ3v) is 2.05. The van der Waals surface area contributed by atoms with Gasteiger partial charge in [0.25, 0.3) is 0 Å². The van der Waals surface area contributed by atoms with E-state index in [4.69, 9.17) is 5.73 Å². The van der Waals surface area contributed by atoms with Crippen molar-refractivity contribution in [3.63, 3.8) is 0 Å². The van der Waals surface area contributed by atoms with Crippen molar-refractivity contribution >= 4 is 11.9 Å². The fourth-order valence-electron chi connectivity index (χ4n) is 1.32. The van der Waals surface area contributed by atoms with Crippen LogP contribution in [0.4, 0.5) is 4.79 Å². The van der Waals surface area contributed by atoms with E-state index >= 15 is 0 Å². The highest BCUT2D eigenvalue weighted by Gasteiger charge is 2.02. The lowest BCUT2D eigenvalue weighted by Gasteiger charge is -2.05. The van der Waals surface area contributed by atoms with Gasteiger partial charge in [-0.05, 0) is 18.9 Å². The van der Waals surface area contributed by atoms with Crippen LogP contribution in [0.2, 0.25) is 0 Å². The van der Waals surface area contributed by atoms with Crippen molar-refractivity contribution in [2.45, 2.75) is 19.8 Å². The molecule has 0 aliphatic rings. The molecule has 1 aromatic rings. The predicted octanol–water partition coefficient (Wildman–Crippen LogP) is 0.627. The van der Waals surface area contributed by atoms with E-state index in [9.17, 15) is 9.59 Å². The normalized spacial score (nSPS) is 9.56. The minimum Gasteiger partial charge on any atom is -0.350 e. The average Bonchev–Trinajstić information content (AvgIpc) is 2.23. The number of carbonyl (C=O) groups excluding carboxylic acids is 2. The van der Waals surface area contributed by atoms with Crippen LogP contribution in [0.3, 0.4) is 0 Å². The van der Waals surface area contributed by atoms with Gasteiger partial charge in [0.15, 0.2) is 0 Å². The number of benzene rings is 1. The minimum atomic E-state index is -0.774. The Labute approximate surface area is 94.0 Å².